The quantitative estimate of drug-likeness (QED) is 0.553. The van der Waals surface area contributed by atoms with Crippen molar-refractivity contribution in [3.05, 3.63) is 40.2 Å². The standard InChI is InChI=1S/C22H33N3O4/c1-5-25(6-2)12-8-9-16(4)23-15-17-13-21(26)29-20-14-18(10-11-19(17)20)24-22(27)28-7-3/h10-11,13-14,16,23H,5-9,12,15H2,1-4H3,(H,24,27)/t16-/m0/s1. The maximum absolute atomic E-state index is 12.0. The highest BCUT2D eigenvalue weighted by atomic mass is 16.5. The van der Waals surface area contributed by atoms with Crippen LogP contribution in [0, 0.1) is 0 Å². The molecule has 0 saturated heterocycles. The fourth-order valence-electron chi connectivity index (χ4n) is 3.29. The van der Waals surface area contributed by atoms with E-state index >= 15 is 0 Å². The largest absolute Gasteiger partial charge is 0.450 e. The predicted octanol–water partition coefficient (Wildman–Crippen LogP) is 3.96. The molecule has 0 fully saturated rings. The monoisotopic (exact) mass is 403 g/mol. The molecule has 1 aromatic carbocycles. The summed E-state index contributed by atoms with van der Waals surface area (Å²) in [4.78, 5) is 26.0. The summed E-state index contributed by atoms with van der Waals surface area (Å²) in [6.07, 6.45) is 1.67. The van der Waals surface area contributed by atoms with Gasteiger partial charge in [0.1, 0.15) is 5.58 Å². The molecule has 0 saturated carbocycles. The Morgan fingerprint density at radius 1 is 1.21 bits per heavy atom. The van der Waals surface area contributed by atoms with E-state index in [0.717, 1.165) is 43.4 Å². The lowest BCUT2D eigenvalue weighted by molar-refractivity contribution is 0.168. The zero-order chi connectivity index (χ0) is 21.2. The molecule has 2 aromatic rings. The van der Waals surface area contributed by atoms with E-state index in [1.165, 1.54) is 6.07 Å². The number of anilines is 1. The highest BCUT2D eigenvalue weighted by Gasteiger charge is 2.10. The van der Waals surface area contributed by atoms with Crippen molar-refractivity contribution in [2.45, 2.75) is 53.1 Å². The minimum Gasteiger partial charge on any atom is -0.450 e. The van der Waals surface area contributed by atoms with E-state index in [4.69, 9.17) is 9.15 Å². The maximum atomic E-state index is 12.0. The molecule has 7 nitrogen and oxygen atoms in total. The first-order valence-corrected chi connectivity index (χ1v) is 10.4. The summed E-state index contributed by atoms with van der Waals surface area (Å²) < 4.78 is 10.2. The summed E-state index contributed by atoms with van der Waals surface area (Å²) in [7, 11) is 0. The van der Waals surface area contributed by atoms with Crippen LogP contribution in [0.3, 0.4) is 0 Å². The molecule has 0 spiro atoms. The van der Waals surface area contributed by atoms with Crippen molar-refractivity contribution in [2.24, 2.45) is 0 Å². The average Bonchev–Trinajstić information content (AvgIpc) is 2.69. The van der Waals surface area contributed by atoms with E-state index in [1.54, 1.807) is 19.1 Å². The second-order valence-electron chi connectivity index (χ2n) is 7.10. The second kappa shape index (κ2) is 11.6. The number of ether oxygens (including phenoxy) is 1. The van der Waals surface area contributed by atoms with Crippen molar-refractivity contribution >= 4 is 22.7 Å². The lowest BCUT2D eigenvalue weighted by Gasteiger charge is -2.20. The SMILES string of the molecule is CCOC(=O)Nc1ccc2c(CN[C@@H](C)CCCN(CC)CC)cc(=O)oc2c1. The molecule has 1 heterocycles. The molecule has 0 aliphatic heterocycles. The van der Waals surface area contributed by atoms with E-state index < -0.39 is 11.7 Å². The summed E-state index contributed by atoms with van der Waals surface area (Å²) in [6, 6.07) is 7.14. The molecule has 0 aliphatic rings. The van der Waals surface area contributed by atoms with Crippen LogP contribution in [0.4, 0.5) is 10.5 Å². The van der Waals surface area contributed by atoms with Crippen molar-refractivity contribution < 1.29 is 13.9 Å². The van der Waals surface area contributed by atoms with Crippen molar-refractivity contribution in [3.8, 4) is 0 Å². The van der Waals surface area contributed by atoms with Crippen LogP contribution in [0.25, 0.3) is 11.0 Å². The van der Waals surface area contributed by atoms with Crippen LogP contribution >= 0.6 is 0 Å². The van der Waals surface area contributed by atoms with E-state index in [1.807, 2.05) is 6.07 Å². The van der Waals surface area contributed by atoms with Crippen LogP contribution in [-0.2, 0) is 11.3 Å². The van der Waals surface area contributed by atoms with E-state index in [-0.39, 0.29) is 6.61 Å². The molecule has 1 aromatic heterocycles. The molecule has 0 radical (unpaired) electrons. The van der Waals surface area contributed by atoms with Crippen molar-refractivity contribution in [2.75, 3.05) is 31.6 Å². The molecule has 0 unspecified atom stereocenters. The molecule has 7 heteroatoms. The normalized spacial score (nSPS) is 12.3. The van der Waals surface area contributed by atoms with E-state index in [9.17, 15) is 9.59 Å². The Balaban J connectivity index is 2.01. The molecular formula is C22H33N3O4. The van der Waals surface area contributed by atoms with Crippen LogP contribution in [0.2, 0.25) is 0 Å². The Bertz CT molecular complexity index is 846. The van der Waals surface area contributed by atoms with E-state index in [0.29, 0.717) is 23.9 Å². The highest BCUT2D eigenvalue weighted by Crippen LogP contribution is 2.21. The first kappa shape index (κ1) is 22.9. The first-order chi connectivity index (χ1) is 14.0. The molecule has 2 rings (SSSR count). The van der Waals surface area contributed by atoms with Gasteiger partial charge in [0, 0.05) is 35.8 Å². The lowest BCUT2D eigenvalue weighted by Crippen LogP contribution is -2.29. The van der Waals surface area contributed by atoms with Crippen molar-refractivity contribution in [1.29, 1.82) is 0 Å². The van der Waals surface area contributed by atoms with Gasteiger partial charge >= 0.3 is 11.7 Å². The number of amides is 1. The first-order valence-electron chi connectivity index (χ1n) is 10.4. The van der Waals surface area contributed by atoms with Crippen LogP contribution in [0.5, 0.6) is 0 Å². The smallest absolute Gasteiger partial charge is 0.411 e. The number of nitrogens with one attached hydrogen (secondary N) is 2. The fraction of sp³-hybridized carbons (Fsp3) is 0.545. The number of benzene rings is 1. The zero-order valence-corrected chi connectivity index (χ0v) is 17.9. The van der Waals surface area contributed by atoms with Gasteiger partial charge in [-0.2, -0.15) is 0 Å². The Morgan fingerprint density at radius 2 is 1.97 bits per heavy atom. The molecule has 1 atom stereocenters. The Labute approximate surface area is 172 Å². The van der Waals surface area contributed by atoms with Crippen molar-refractivity contribution in [3.63, 3.8) is 0 Å². The number of hydrogen-bond acceptors (Lipinski definition) is 6. The van der Waals surface area contributed by atoms with Crippen LogP contribution in [-0.4, -0.2) is 43.3 Å². The summed E-state index contributed by atoms with van der Waals surface area (Å²) in [6.45, 7) is 12.4. The number of rotatable bonds is 11. The molecule has 29 heavy (non-hydrogen) atoms. The van der Waals surface area contributed by atoms with Crippen LogP contribution in [0.1, 0.15) is 46.1 Å². The summed E-state index contributed by atoms with van der Waals surface area (Å²) >= 11 is 0. The highest BCUT2D eigenvalue weighted by molar-refractivity contribution is 5.89. The third kappa shape index (κ3) is 7.18. The van der Waals surface area contributed by atoms with Gasteiger partial charge in [-0.3, -0.25) is 5.32 Å². The lowest BCUT2D eigenvalue weighted by atomic mass is 10.1. The minimum atomic E-state index is -0.537. The summed E-state index contributed by atoms with van der Waals surface area (Å²) in [5.41, 5.74) is 1.44. The second-order valence-corrected chi connectivity index (χ2v) is 7.10. The van der Waals surface area contributed by atoms with Gasteiger partial charge < -0.3 is 19.4 Å². The van der Waals surface area contributed by atoms with Gasteiger partial charge in [-0.15, -0.1) is 0 Å². The molecule has 160 valence electrons. The molecule has 1 amide bonds. The minimum absolute atomic E-state index is 0.289. The Morgan fingerprint density at radius 3 is 2.66 bits per heavy atom. The number of hydrogen-bond donors (Lipinski definition) is 2. The molecule has 2 N–H and O–H groups in total. The van der Waals surface area contributed by atoms with Gasteiger partial charge in [0.05, 0.1) is 6.61 Å². The Hall–Kier alpha value is -2.38. The third-order valence-corrected chi connectivity index (χ3v) is 5.00. The summed E-state index contributed by atoms with van der Waals surface area (Å²) in [5.74, 6) is 0. The zero-order valence-electron chi connectivity index (χ0n) is 17.9. The van der Waals surface area contributed by atoms with Crippen LogP contribution < -0.4 is 16.3 Å². The number of fused-ring (bicyclic) bond motifs is 1. The van der Waals surface area contributed by atoms with Crippen molar-refractivity contribution in [1.82, 2.24) is 10.2 Å². The maximum Gasteiger partial charge on any atom is 0.411 e. The van der Waals surface area contributed by atoms with Gasteiger partial charge in [0.25, 0.3) is 0 Å². The average molecular weight is 404 g/mol. The topological polar surface area (TPSA) is 83.8 Å². The predicted molar refractivity (Wildman–Crippen MR) is 116 cm³/mol. The van der Waals surface area contributed by atoms with Crippen LogP contribution in [0.15, 0.2) is 33.5 Å². The van der Waals surface area contributed by atoms with Gasteiger partial charge in [0.2, 0.25) is 0 Å². The molecule has 0 bridgehead atoms. The third-order valence-electron chi connectivity index (χ3n) is 5.00. The van der Waals surface area contributed by atoms with Gasteiger partial charge in [-0.05, 0) is 64.0 Å². The van der Waals surface area contributed by atoms with Gasteiger partial charge in [-0.25, -0.2) is 9.59 Å². The van der Waals surface area contributed by atoms with Gasteiger partial charge in [-0.1, -0.05) is 13.8 Å². The number of carbonyl (C=O) groups excluding carboxylic acids is 1. The van der Waals surface area contributed by atoms with Gasteiger partial charge in [0.15, 0.2) is 0 Å². The summed E-state index contributed by atoms with van der Waals surface area (Å²) in [5, 5.41) is 6.97. The number of nitrogens with zero attached hydrogens (tertiary/aromatic N) is 1. The molecular weight excluding hydrogens is 370 g/mol. The Kier molecular flexibility index (Phi) is 9.15. The van der Waals surface area contributed by atoms with E-state index in [2.05, 4.69) is 36.3 Å². The fourth-order valence-corrected chi connectivity index (χ4v) is 3.29. The number of carbonyl (C=O) groups is 1. The molecule has 0 aliphatic carbocycles.